The van der Waals surface area contributed by atoms with Crippen molar-refractivity contribution in [3.63, 3.8) is 0 Å². The van der Waals surface area contributed by atoms with Gasteiger partial charge < -0.3 is 10.1 Å². The van der Waals surface area contributed by atoms with Crippen molar-refractivity contribution in [3.8, 4) is 5.75 Å². The number of anilines is 1. The zero-order valence-electron chi connectivity index (χ0n) is 12.5. The fourth-order valence-corrected chi connectivity index (χ4v) is 1.91. The summed E-state index contributed by atoms with van der Waals surface area (Å²) in [6, 6.07) is 10.5. The van der Waals surface area contributed by atoms with E-state index < -0.39 is 17.6 Å². The minimum absolute atomic E-state index is 0.00929. The van der Waals surface area contributed by atoms with Gasteiger partial charge in [0, 0.05) is 11.3 Å². The Balaban J connectivity index is 1.94. The molecule has 0 saturated heterocycles. The molecule has 0 radical (unpaired) electrons. The Morgan fingerprint density at radius 1 is 1.17 bits per heavy atom. The Labute approximate surface area is 142 Å². The van der Waals surface area contributed by atoms with Crippen LogP contribution in [0.15, 0.2) is 47.6 Å². The smallest absolute Gasteiger partial charge is 0.329 e. The molecule has 2 aromatic rings. The number of hydrogen-bond donors (Lipinski definition) is 2. The van der Waals surface area contributed by atoms with E-state index in [0.29, 0.717) is 11.4 Å². The lowest BCUT2D eigenvalue weighted by atomic mass is 10.2. The zero-order chi connectivity index (χ0) is 17.5. The van der Waals surface area contributed by atoms with Crippen molar-refractivity contribution in [1.29, 1.82) is 0 Å². The predicted molar refractivity (Wildman–Crippen MR) is 88.8 cm³/mol. The molecule has 0 spiro atoms. The number of halogens is 2. The van der Waals surface area contributed by atoms with Crippen molar-refractivity contribution < 1.29 is 18.7 Å². The normalized spacial score (nSPS) is 10.5. The molecule has 24 heavy (non-hydrogen) atoms. The molecular formula is C16H13ClFN3O3. The number of ether oxygens (including phenoxy) is 1. The summed E-state index contributed by atoms with van der Waals surface area (Å²) in [5, 5.41) is 6.04. The quantitative estimate of drug-likeness (QED) is 0.506. The van der Waals surface area contributed by atoms with E-state index in [2.05, 4.69) is 10.4 Å². The number of nitrogens with zero attached hydrogens (tertiary/aromatic N) is 1. The Kier molecular flexibility index (Phi) is 5.86. The molecule has 0 aliphatic rings. The van der Waals surface area contributed by atoms with Crippen molar-refractivity contribution in [2.45, 2.75) is 0 Å². The van der Waals surface area contributed by atoms with Gasteiger partial charge in [0.15, 0.2) is 0 Å². The molecule has 0 saturated carbocycles. The van der Waals surface area contributed by atoms with Gasteiger partial charge in [0.25, 0.3) is 0 Å². The summed E-state index contributed by atoms with van der Waals surface area (Å²) < 4.78 is 18.5. The summed E-state index contributed by atoms with van der Waals surface area (Å²) in [5.74, 6) is -1.90. The summed E-state index contributed by atoms with van der Waals surface area (Å²) in [6.07, 6.45) is 1.02. The number of rotatable bonds is 4. The van der Waals surface area contributed by atoms with Crippen molar-refractivity contribution in [1.82, 2.24) is 5.43 Å². The van der Waals surface area contributed by atoms with E-state index in [-0.39, 0.29) is 10.6 Å². The third-order valence-corrected chi connectivity index (χ3v) is 3.24. The second kappa shape index (κ2) is 8.07. The number of benzene rings is 2. The van der Waals surface area contributed by atoms with Crippen LogP contribution in [0, 0.1) is 5.82 Å². The van der Waals surface area contributed by atoms with Crippen LogP contribution < -0.4 is 15.5 Å². The number of methoxy groups -OCH3 is 1. The molecule has 0 atom stereocenters. The van der Waals surface area contributed by atoms with Gasteiger partial charge in [-0.1, -0.05) is 17.7 Å². The number of carbonyl (C=O) groups is 2. The average molecular weight is 350 g/mol. The first-order valence-electron chi connectivity index (χ1n) is 6.73. The van der Waals surface area contributed by atoms with Gasteiger partial charge in [-0.3, -0.25) is 9.59 Å². The first kappa shape index (κ1) is 17.4. The monoisotopic (exact) mass is 349 g/mol. The highest BCUT2D eigenvalue weighted by Crippen LogP contribution is 2.16. The molecule has 6 nitrogen and oxygen atoms in total. The van der Waals surface area contributed by atoms with Crippen LogP contribution in [0.4, 0.5) is 10.1 Å². The zero-order valence-corrected chi connectivity index (χ0v) is 13.3. The Hall–Kier alpha value is -2.93. The van der Waals surface area contributed by atoms with Crippen LogP contribution in [0.25, 0.3) is 0 Å². The van der Waals surface area contributed by atoms with Gasteiger partial charge in [-0.2, -0.15) is 5.10 Å². The van der Waals surface area contributed by atoms with E-state index >= 15 is 0 Å². The van der Waals surface area contributed by atoms with Crippen molar-refractivity contribution in [2.75, 3.05) is 12.4 Å². The van der Waals surface area contributed by atoms with Gasteiger partial charge in [0.1, 0.15) is 11.6 Å². The van der Waals surface area contributed by atoms with Gasteiger partial charge in [-0.25, -0.2) is 9.82 Å². The van der Waals surface area contributed by atoms with Gasteiger partial charge in [-0.15, -0.1) is 0 Å². The van der Waals surface area contributed by atoms with E-state index in [9.17, 15) is 14.0 Å². The van der Waals surface area contributed by atoms with Crippen molar-refractivity contribution in [3.05, 3.63) is 58.9 Å². The lowest BCUT2D eigenvalue weighted by Crippen LogP contribution is -2.32. The number of carbonyl (C=O) groups excluding carboxylic acids is 2. The molecule has 2 N–H and O–H groups in total. The molecule has 0 fully saturated rings. The maximum atomic E-state index is 13.5. The van der Waals surface area contributed by atoms with Gasteiger partial charge in [0.05, 0.1) is 18.3 Å². The number of hydrogen-bond acceptors (Lipinski definition) is 4. The van der Waals surface area contributed by atoms with Crippen molar-refractivity contribution in [2.24, 2.45) is 5.10 Å². The maximum Gasteiger partial charge on any atom is 0.329 e. The third kappa shape index (κ3) is 4.53. The number of nitrogens with one attached hydrogen (secondary N) is 2. The lowest BCUT2D eigenvalue weighted by Gasteiger charge is -2.05. The fraction of sp³-hybridized carbons (Fsp3) is 0.0625. The number of amides is 2. The topological polar surface area (TPSA) is 79.8 Å². The highest BCUT2D eigenvalue weighted by atomic mass is 35.5. The predicted octanol–water partition coefficient (Wildman–Crippen LogP) is 2.58. The Bertz CT molecular complexity index is 758. The minimum Gasteiger partial charge on any atom is -0.497 e. The van der Waals surface area contributed by atoms with E-state index in [1.165, 1.54) is 25.3 Å². The molecule has 8 heteroatoms. The number of hydrazone groups is 1. The van der Waals surface area contributed by atoms with Crippen LogP contribution in [-0.4, -0.2) is 25.1 Å². The average Bonchev–Trinajstić information content (AvgIpc) is 2.58. The van der Waals surface area contributed by atoms with Gasteiger partial charge in [0.2, 0.25) is 0 Å². The van der Waals surface area contributed by atoms with Gasteiger partial charge >= 0.3 is 11.8 Å². The van der Waals surface area contributed by atoms with Crippen LogP contribution in [0.5, 0.6) is 5.75 Å². The summed E-state index contributed by atoms with van der Waals surface area (Å²) in [7, 11) is 1.51. The Morgan fingerprint density at radius 3 is 2.50 bits per heavy atom. The largest absolute Gasteiger partial charge is 0.497 e. The lowest BCUT2D eigenvalue weighted by molar-refractivity contribution is -0.136. The fourth-order valence-electron chi connectivity index (χ4n) is 1.70. The van der Waals surface area contributed by atoms with E-state index in [1.807, 2.05) is 5.43 Å². The van der Waals surface area contributed by atoms with Crippen LogP contribution >= 0.6 is 11.6 Å². The first-order valence-corrected chi connectivity index (χ1v) is 7.11. The first-order chi connectivity index (χ1) is 11.5. The van der Waals surface area contributed by atoms with E-state index in [4.69, 9.17) is 16.3 Å². The molecule has 0 heterocycles. The molecule has 2 rings (SSSR count). The standard InChI is InChI=1S/C16H13ClFN3O3/c1-24-11-7-5-10(6-8-11)20-15(22)16(23)21-19-9-12-13(17)3-2-4-14(12)18/h2-9H,1H3,(H,20,22)(H,21,23)/b19-9-. The van der Waals surface area contributed by atoms with Crippen LogP contribution in [0.3, 0.4) is 0 Å². The molecule has 2 aromatic carbocycles. The summed E-state index contributed by atoms with van der Waals surface area (Å²) in [6.45, 7) is 0. The Morgan fingerprint density at radius 2 is 1.88 bits per heavy atom. The highest BCUT2D eigenvalue weighted by Gasteiger charge is 2.13. The molecule has 0 aliphatic carbocycles. The SMILES string of the molecule is COc1ccc(NC(=O)C(=O)N/N=C\c2c(F)cccc2Cl)cc1. The molecule has 0 aromatic heterocycles. The van der Waals surface area contributed by atoms with Crippen LogP contribution in [0.2, 0.25) is 5.02 Å². The summed E-state index contributed by atoms with van der Waals surface area (Å²) in [5.41, 5.74) is 2.42. The molecule has 0 bridgehead atoms. The van der Waals surface area contributed by atoms with Crippen LogP contribution in [0.1, 0.15) is 5.56 Å². The molecule has 0 aliphatic heterocycles. The molecule has 124 valence electrons. The van der Waals surface area contributed by atoms with E-state index in [1.54, 1.807) is 24.3 Å². The van der Waals surface area contributed by atoms with Crippen molar-refractivity contribution >= 4 is 35.3 Å². The van der Waals surface area contributed by atoms with E-state index in [0.717, 1.165) is 6.21 Å². The second-order valence-corrected chi connectivity index (χ2v) is 4.92. The highest BCUT2D eigenvalue weighted by molar-refractivity contribution is 6.39. The molecular weight excluding hydrogens is 337 g/mol. The minimum atomic E-state index is -1.01. The molecule has 0 unspecified atom stereocenters. The molecule has 2 amide bonds. The summed E-state index contributed by atoms with van der Waals surface area (Å²) in [4.78, 5) is 23.4. The summed E-state index contributed by atoms with van der Waals surface area (Å²) >= 11 is 5.81. The maximum absolute atomic E-state index is 13.5. The van der Waals surface area contributed by atoms with Crippen LogP contribution in [-0.2, 0) is 9.59 Å². The third-order valence-electron chi connectivity index (χ3n) is 2.91. The second-order valence-electron chi connectivity index (χ2n) is 4.52. The van der Waals surface area contributed by atoms with Gasteiger partial charge in [-0.05, 0) is 36.4 Å².